The maximum Gasteiger partial charge on any atom is 0.574 e. The van der Waals surface area contributed by atoms with Crippen LogP contribution in [0.2, 0.25) is 0 Å². The number of hydrogen-bond acceptors (Lipinski definition) is 6. The van der Waals surface area contributed by atoms with Crippen molar-refractivity contribution in [3.63, 3.8) is 0 Å². The fourth-order valence-corrected chi connectivity index (χ4v) is 5.31. The average molecular weight is 521 g/mol. The number of hydrogen-bond donors (Lipinski definition) is 1. The number of aromatic nitrogens is 2. The fourth-order valence-electron chi connectivity index (χ4n) is 5.31. The molecule has 0 saturated carbocycles. The number of amides is 2. The number of nitrogens with zero attached hydrogens (tertiary/aromatic N) is 5. The minimum atomic E-state index is -4.81. The van der Waals surface area contributed by atoms with Crippen LogP contribution < -0.4 is 15.0 Å². The monoisotopic (exact) mass is 520 g/mol. The van der Waals surface area contributed by atoms with E-state index in [2.05, 4.69) is 49.4 Å². The van der Waals surface area contributed by atoms with Gasteiger partial charge in [0.25, 0.3) is 0 Å². The molecule has 1 N–H and O–H groups in total. The molecule has 2 aliphatic rings. The molecule has 2 aromatic rings. The SMILES string of the molecule is C[C@@H]1CN(c2ccc(OC(F)(F)F)nn2)C[C@@H](C)N1C(=O)NCCC1CCN(Cc2ccccc2)CC1. The molecular formula is C26H35F3N6O2. The minimum absolute atomic E-state index is 0.0822. The first-order chi connectivity index (χ1) is 17.7. The van der Waals surface area contributed by atoms with E-state index in [0.717, 1.165) is 45.0 Å². The highest BCUT2D eigenvalue weighted by atomic mass is 19.4. The molecule has 2 saturated heterocycles. The van der Waals surface area contributed by atoms with Crippen molar-refractivity contribution in [2.24, 2.45) is 5.92 Å². The summed E-state index contributed by atoms with van der Waals surface area (Å²) in [6, 6.07) is 12.9. The van der Waals surface area contributed by atoms with E-state index in [1.807, 2.05) is 29.7 Å². The maximum absolute atomic E-state index is 13.0. The lowest BCUT2D eigenvalue weighted by Crippen LogP contribution is -2.61. The van der Waals surface area contributed by atoms with Gasteiger partial charge in [-0.1, -0.05) is 30.3 Å². The van der Waals surface area contributed by atoms with Gasteiger partial charge in [0.1, 0.15) is 0 Å². The first kappa shape index (κ1) is 27.0. The zero-order chi connectivity index (χ0) is 26.4. The third-order valence-corrected chi connectivity index (χ3v) is 7.11. The zero-order valence-electron chi connectivity index (χ0n) is 21.3. The molecule has 2 amide bonds. The number of piperidine rings is 1. The van der Waals surface area contributed by atoms with E-state index in [1.54, 1.807) is 0 Å². The Morgan fingerprint density at radius 1 is 1.03 bits per heavy atom. The smallest absolute Gasteiger partial charge is 0.386 e. The van der Waals surface area contributed by atoms with Crippen molar-refractivity contribution in [3.8, 4) is 5.88 Å². The molecule has 2 aliphatic heterocycles. The number of benzene rings is 1. The van der Waals surface area contributed by atoms with Crippen molar-refractivity contribution >= 4 is 11.8 Å². The van der Waals surface area contributed by atoms with Crippen LogP contribution in [0.25, 0.3) is 0 Å². The van der Waals surface area contributed by atoms with Gasteiger partial charge in [0.2, 0.25) is 5.88 Å². The number of carbonyl (C=O) groups is 1. The summed E-state index contributed by atoms with van der Waals surface area (Å²) in [5.41, 5.74) is 1.34. The zero-order valence-corrected chi connectivity index (χ0v) is 21.3. The van der Waals surface area contributed by atoms with Gasteiger partial charge >= 0.3 is 12.4 Å². The molecule has 37 heavy (non-hydrogen) atoms. The molecule has 0 spiro atoms. The Labute approximate surface area is 215 Å². The van der Waals surface area contributed by atoms with E-state index >= 15 is 0 Å². The van der Waals surface area contributed by atoms with Crippen LogP contribution in [-0.2, 0) is 6.54 Å². The van der Waals surface area contributed by atoms with Crippen LogP contribution in [0.3, 0.4) is 0 Å². The lowest BCUT2D eigenvalue weighted by Gasteiger charge is -2.44. The summed E-state index contributed by atoms with van der Waals surface area (Å²) < 4.78 is 40.9. The largest absolute Gasteiger partial charge is 0.574 e. The molecule has 3 heterocycles. The quantitative estimate of drug-likeness (QED) is 0.588. The number of anilines is 1. The van der Waals surface area contributed by atoms with Gasteiger partial charge in [0.15, 0.2) is 5.82 Å². The number of likely N-dealkylation sites (tertiary alicyclic amines) is 1. The number of ether oxygens (including phenoxy) is 1. The van der Waals surface area contributed by atoms with E-state index in [1.165, 1.54) is 11.6 Å². The Kier molecular flexibility index (Phi) is 8.73. The summed E-state index contributed by atoms with van der Waals surface area (Å²) in [4.78, 5) is 19.2. The van der Waals surface area contributed by atoms with E-state index in [-0.39, 0.29) is 18.1 Å². The second kappa shape index (κ2) is 12.0. The standard InChI is InChI=1S/C26H35F3N6O2/c1-19-16-34(23-8-9-24(32-31-23)37-26(27,28)29)17-20(2)35(19)25(36)30-13-10-21-11-14-33(15-12-21)18-22-6-4-3-5-7-22/h3-9,19-21H,10-18H2,1-2H3,(H,30,36)/t19-,20-/m1/s1. The molecule has 0 radical (unpaired) electrons. The summed E-state index contributed by atoms with van der Waals surface area (Å²) in [6.07, 6.45) is -1.56. The van der Waals surface area contributed by atoms with Gasteiger partial charge in [0.05, 0.1) is 0 Å². The van der Waals surface area contributed by atoms with Crippen molar-refractivity contribution in [2.45, 2.75) is 58.1 Å². The highest BCUT2D eigenvalue weighted by Crippen LogP contribution is 2.25. The highest BCUT2D eigenvalue weighted by Gasteiger charge is 2.34. The molecule has 8 nitrogen and oxygen atoms in total. The molecular weight excluding hydrogens is 485 g/mol. The summed E-state index contributed by atoms with van der Waals surface area (Å²) >= 11 is 0. The normalized spacial score (nSPS) is 21.6. The number of alkyl halides is 3. The van der Waals surface area contributed by atoms with Crippen LogP contribution in [0, 0.1) is 5.92 Å². The number of urea groups is 1. The van der Waals surface area contributed by atoms with Gasteiger partial charge in [0, 0.05) is 44.3 Å². The topological polar surface area (TPSA) is 73.8 Å². The van der Waals surface area contributed by atoms with Gasteiger partial charge in [-0.25, -0.2) is 4.79 Å². The second-order valence-corrected chi connectivity index (χ2v) is 10.0. The van der Waals surface area contributed by atoms with E-state index in [4.69, 9.17) is 0 Å². The molecule has 0 unspecified atom stereocenters. The van der Waals surface area contributed by atoms with Gasteiger partial charge in [-0.3, -0.25) is 4.90 Å². The molecule has 1 aromatic carbocycles. The number of nitrogens with one attached hydrogen (secondary N) is 1. The number of rotatable bonds is 7. The van der Waals surface area contributed by atoms with Crippen LogP contribution >= 0.6 is 0 Å². The summed E-state index contributed by atoms with van der Waals surface area (Å²) in [6.45, 7) is 8.72. The average Bonchev–Trinajstić information content (AvgIpc) is 2.85. The van der Waals surface area contributed by atoms with Gasteiger partial charge in [-0.2, -0.15) is 0 Å². The maximum atomic E-state index is 13.0. The molecule has 0 aliphatic carbocycles. The van der Waals surface area contributed by atoms with Crippen molar-refractivity contribution in [1.82, 2.24) is 25.3 Å². The lowest BCUT2D eigenvalue weighted by molar-refractivity contribution is -0.276. The van der Waals surface area contributed by atoms with Crippen molar-refractivity contribution in [3.05, 3.63) is 48.0 Å². The predicted molar refractivity (Wildman–Crippen MR) is 134 cm³/mol. The molecule has 202 valence electrons. The van der Waals surface area contributed by atoms with Gasteiger partial charge < -0.3 is 19.9 Å². The second-order valence-electron chi connectivity index (χ2n) is 10.0. The van der Waals surface area contributed by atoms with Crippen LogP contribution in [0.1, 0.15) is 38.7 Å². The van der Waals surface area contributed by atoms with E-state index < -0.39 is 12.2 Å². The molecule has 0 bridgehead atoms. The van der Waals surface area contributed by atoms with Crippen molar-refractivity contribution < 1.29 is 22.7 Å². The molecule has 1 aromatic heterocycles. The van der Waals surface area contributed by atoms with Crippen molar-refractivity contribution in [1.29, 1.82) is 0 Å². The molecule has 4 rings (SSSR count). The Hall–Kier alpha value is -3.08. The van der Waals surface area contributed by atoms with Crippen LogP contribution in [0.15, 0.2) is 42.5 Å². The van der Waals surface area contributed by atoms with Gasteiger partial charge in [-0.05, 0) is 63.7 Å². The molecule has 2 atom stereocenters. The summed E-state index contributed by atoms with van der Waals surface area (Å²) in [5.74, 6) is 0.464. The third kappa shape index (κ3) is 7.70. The fraction of sp³-hybridized carbons (Fsp3) is 0.577. The Morgan fingerprint density at radius 3 is 2.30 bits per heavy atom. The van der Waals surface area contributed by atoms with Gasteiger partial charge in [-0.15, -0.1) is 23.4 Å². The van der Waals surface area contributed by atoms with Crippen LogP contribution in [0.4, 0.5) is 23.8 Å². The Morgan fingerprint density at radius 2 is 1.70 bits per heavy atom. The van der Waals surface area contributed by atoms with Crippen LogP contribution in [0.5, 0.6) is 5.88 Å². The predicted octanol–water partition coefficient (Wildman–Crippen LogP) is 4.29. The van der Waals surface area contributed by atoms with Crippen molar-refractivity contribution in [2.75, 3.05) is 37.6 Å². The summed E-state index contributed by atoms with van der Waals surface area (Å²) in [7, 11) is 0. The van der Waals surface area contributed by atoms with E-state index in [9.17, 15) is 18.0 Å². The lowest BCUT2D eigenvalue weighted by atomic mass is 9.93. The first-order valence-electron chi connectivity index (χ1n) is 12.8. The number of piperazine rings is 1. The molecule has 11 heteroatoms. The third-order valence-electron chi connectivity index (χ3n) is 7.11. The Balaban J connectivity index is 1.19. The molecule has 2 fully saturated rings. The highest BCUT2D eigenvalue weighted by molar-refractivity contribution is 5.75. The van der Waals surface area contributed by atoms with E-state index in [0.29, 0.717) is 31.4 Å². The summed E-state index contributed by atoms with van der Waals surface area (Å²) in [5, 5.41) is 10.5. The number of carbonyl (C=O) groups excluding carboxylic acids is 1. The Bertz CT molecular complexity index is 988. The minimum Gasteiger partial charge on any atom is -0.386 e. The van der Waals surface area contributed by atoms with Crippen LogP contribution in [-0.4, -0.2) is 77.2 Å². The number of halogens is 3. The first-order valence-corrected chi connectivity index (χ1v) is 12.8.